The number of ether oxygens (including phenoxy) is 1. The minimum Gasteiger partial charge on any atom is -0.367 e. The molecule has 0 aromatic carbocycles. The van der Waals surface area contributed by atoms with E-state index in [1.165, 1.54) is 22.9 Å². The van der Waals surface area contributed by atoms with Crippen molar-refractivity contribution in [2.45, 2.75) is 25.3 Å². The average Bonchev–Trinajstić information content (AvgIpc) is 3.10. The van der Waals surface area contributed by atoms with Gasteiger partial charge in [-0.15, -0.1) is 0 Å². The number of aromatic nitrogens is 4. The quantitative estimate of drug-likeness (QED) is 0.713. The Kier molecular flexibility index (Phi) is 4.61. The first-order valence-corrected chi connectivity index (χ1v) is 8.80. The summed E-state index contributed by atoms with van der Waals surface area (Å²) in [4.78, 5) is 26.1. The van der Waals surface area contributed by atoms with Crippen LogP contribution in [-0.4, -0.2) is 50.6 Å². The van der Waals surface area contributed by atoms with Crippen molar-refractivity contribution in [1.82, 2.24) is 19.4 Å². The fraction of sp³-hybridized carbons (Fsp3) is 0.333. The number of primary amides is 1. The summed E-state index contributed by atoms with van der Waals surface area (Å²) in [7, 11) is 0. The van der Waals surface area contributed by atoms with E-state index >= 15 is 0 Å². The highest BCUT2D eigenvalue weighted by Gasteiger charge is 2.32. The molecule has 29 heavy (non-hydrogen) atoms. The van der Waals surface area contributed by atoms with E-state index < -0.39 is 23.8 Å². The van der Waals surface area contributed by atoms with Gasteiger partial charge in [-0.2, -0.15) is 13.2 Å². The number of carbonyl (C=O) groups is 1. The highest BCUT2D eigenvalue weighted by atomic mass is 19.4. The van der Waals surface area contributed by atoms with E-state index in [0.29, 0.717) is 23.7 Å². The van der Waals surface area contributed by atoms with E-state index in [2.05, 4.69) is 15.0 Å². The number of amides is 1. The Morgan fingerprint density at radius 1 is 1.24 bits per heavy atom. The number of morpholine rings is 1. The molecule has 3 aromatic heterocycles. The largest absolute Gasteiger partial charge is 0.417 e. The molecule has 152 valence electrons. The number of carbonyl (C=O) groups excluding carboxylic acids is 1. The standard InChI is InChI=1S/C18H17F3N6O2/c1-10-7-26(9-13(29-10)16(22)28)15-4-5-23-17(25-15)12-6-24-14-3-2-11(8-27(12)14)18(19,20)21/h2-6,8,10,13H,7,9H2,1H3,(H2,22,28)/t10-,13-/m0/s1. The van der Waals surface area contributed by atoms with Gasteiger partial charge in [0.05, 0.1) is 24.4 Å². The summed E-state index contributed by atoms with van der Waals surface area (Å²) in [6.45, 7) is 2.51. The summed E-state index contributed by atoms with van der Waals surface area (Å²) < 4.78 is 46.1. The van der Waals surface area contributed by atoms with Crippen LogP contribution in [0.1, 0.15) is 12.5 Å². The molecule has 1 aliphatic heterocycles. The number of hydrogen-bond donors (Lipinski definition) is 1. The lowest BCUT2D eigenvalue weighted by molar-refractivity contribution is -0.138. The van der Waals surface area contributed by atoms with Crippen molar-refractivity contribution in [3.05, 3.63) is 42.4 Å². The highest BCUT2D eigenvalue weighted by Crippen LogP contribution is 2.30. The number of nitrogens with two attached hydrogens (primary N) is 1. The van der Waals surface area contributed by atoms with Gasteiger partial charge in [0.2, 0.25) is 5.91 Å². The maximum absolute atomic E-state index is 13.1. The fourth-order valence-electron chi connectivity index (χ4n) is 3.26. The summed E-state index contributed by atoms with van der Waals surface area (Å²) in [6.07, 6.45) is -1.61. The smallest absolute Gasteiger partial charge is 0.367 e. The van der Waals surface area contributed by atoms with Crippen LogP contribution in [0.4, 0.5) is 19.0 Å². The van der Waals surface area contributed by atoms with Gasteiger partial charge in [0.1, 0.15) is 17.2 Å². The summed E-state index contributed by atoms with van der Waals surface area (Å²) in [6, 6.07) is 3.92. The van der Waals surface area contributed by atoms with Gasteiger partial charge in [0.15, 0.2) is 11.9 Å². The normalized spacial score (nSPS) is 20.2. The first-order valence-electron chi connectivity index (χ1n) is 8.80. The van der Waals surface area contributed by atoms with Crippen LogP contribution in [0.5, 0.6) is 0 Å². The van der Waals surface area contributed by atoms with Crippen LogP contribution < -0.4 is 10.6 Å². The number of anilines is 1. The van der Waals surface area contributed by atoms with E-state index in [-0.39, 0.29) is 18.5 Å². The summed E-state index contributed by atoms with van der Waals surface area (Å²) in [5.41, 5.74) is 5.23. The fourth-order valence-corrected chi connectivity index (χ4v) is 3.26. The minimum atomic E-state index is -4.48. The molecule has 0 saturated carbocycles. The molecule has 0 aliphatic carbocycles. The Hall–Kier alpha value is -3.21. The van der Waals surface area contributed by atoms with Crippen LogP contribution >= 0.6 is 0 Å². The van der Waals surface area contributed by atoms with E-state index in [1.54, 1.807) is 6.07 Å². The second kappa shape index (κ2) is 6.99. The number of pyridine rings is 1. The van der Waals surface area contributed by atoms with Crippen molar-refractivity contribution in [1.29, 1.82) is 0 Å². The Labute approximate surface area is 163 Å². The van der Waals surface area contributed by atoms with Gasteiger partial charge in [0.25, 0.3) is 0 Å². The molecule has 11 heteroatoms. The molecule has 1 aliphatic rings. The maximum atomic E-state index is 13.1. The summed E-state index contributed by atoms with van der Waals surface area (Å²) in [5.74, 6) is 0.153. The second-order valence-corrected chi connectivity index (χ2v) is 6.77. The van der Waals surface area contributed by atoms with Crippen molar-refractivity contribution in [3.8, 4) is 11.5 Å². The third-order valence-corrected chi connectivity index (χ3v) is 4.60. The van der Waals surface area contributed by atoms with Gasteiger partial charge in [-0.05, 0) is 25.1 Å². The maximum Gasteiger partial charge on any atom is 0.417 e. The Balaban J connectivity index is 1.71. The van der Waals surface area contributed by atoms with Crippen molar-refractivity contribution in [2.24, 2.45) is 5.73 Å². The van der Waals surface area contributed by atoms with Crippen LogP contribution in [0.3, 0.4) is 0 Å². The average molecular weight is 406 g/mol. The predicted octanol–water partition coefficient (Wildman–Crippen LogP) is 1.89. The van der Waals surface area contributed by atoms with Crippen molar-refractivity contribution in [2.75, 3.05) is 18.0 Å². The molecular weight excluding hydrogens is 389 g/mol. The molecule has 1 saturated heterocycles. The molecule has 0 bridgehead atoms. The predicted molar refractivity (Wildman–Crippen MR) is 97.0 cm³/mol. The molecule has 0 radical (unpaired) electrons. The molecule has 2 atom stereocenters. The van der Waals surface area contributed by atoms with Gasteiger partial charge >= 0.3 is 6.18 Å². The Morgan fingerprint density at radius 3 is 2.76 bits per heavy atom. The molecular formula is C18H17F3N6O2. The van der Waals surface area contributed by atoms with E-state index in [9.17, 15) is 18.0 Å². The number of halogens is 3. The number of fused-ring (bicyclic) bond motifs is 1. The Bertz CT molecular complexity index is 1070. The van der Waals surface area contributed by atoms with Gasteiger partial charge < -0.3 is 15.4 Å². The third kappa shape index (κ3) is 3.73. The zero-order chi connectivity index (χ0) is 20.8. The van der Waals surface area contributed by atoms with E-state index in [4.69, 9.17) is 10.5 Å². The van der Waals surface area contributed by atoms with E-state index in [1.807, 2.05) is 11.8 Å². The van der Waals surface area contributed by atoms with Crippen LogP contribution in [0, 0.1) is 0 Å². The first kappa shape index (κ1) is 19.1. The minimum absolute atomic E-state index is 0.212. The number of rotatable bonds is 3. The lowest BCUT2D eigenvalue weighted by Crippen LogP contribution is -2.52. The highest BCUT2D eigenvalue weighted by molar-refractivity contribution is 5.79. The molecule has 1 fully saturated rings. The van der Waals surface area contributed by atoms with E-state index in [0.717, 1.165) is 12.3 Å². The van der Waals surface area contributed by atoms with Gasteiger partial charge in [-0.3, -0.25) is 9.20 Å². The molecule has 1 amide bonds. The zero-order valence-corrected chi connectivity index (χ0v) is 15.3. The zero-order valence-electron chi connectivity index (χ0n) is 15.3. The monoisotopic (exact) mass is 406 g/mol. The third-order valence-electron chi connectivity index (χ3n) is 4.60. The van der Waals surface area contributed by atoms with Crippen molar-refractivity contribution in [3.63, 3.8) is 0 Å². The molecule has 4 heterocycles. The second-order valence-electron chi connectivity index (χ2n) is 6.77. The molecule has 0 unspecified atom stereocenters. The Morgan fingerprint density at radius 2 is 2.03 bits per heavy atom. The van der Waals surface area contributed by atoms with Gasteiger partial charge in [0, 0.05) is 18.9 Å². The number of nitrogens with zero attached hydrogens (tertiary/aromatic N) is 5. The van der Waals surface area contributed by atoms with Crippen LogP contribution in [0.25, 0.3) is 17.2 Å². The molecule has 4 rings (SSSR count). The molecule has 3 aromatic rings. The molecule has 0 spiro atoms. The SMILES string of the molecule is C[C@H]1CN(c2ccnc(-c3cnc4ccc(C(F)(F)F)cn34)n2)C[C@@H](C(N)=O)O1. The van der Waals surface area contributed by atoms with Crippen LogP contribution in [0.2, 0.25) is 0 Å². The van der Waals surface area contributed by atoms with Crippen LogP contribution in [-0.2, 0) is 15.7 Å². The van der Waals surface area contributed by atoms with Gasteiger partial charge in [-0.25, -0.2) is 15.0 Å². The van der Waals surface area contributed by atoms with Crippen molar-refractivity contribution >= 4 is 17.4 Å². The summed E-state index contributed by atoms with van der Waals surface area (Å²) in [5, 5.41) is 0. The topological polar surface area (TPSA) is 98.6 Å². The molecule has 2 N–H and O–H groups in total. The number of imidazole rings is 1. The lowest BCUT2D eigenvalue weighted by atomic mass is 10.2. The number of hydrogen-bond acceptors (Lipinski definition) is 6. The summed E-state index contributed by atoms with van der Waals surface area (Å²) >= 11 is 0. The van der Waals surface area contributed by atoms with Gasteiger partial charge in [-0.1, -0.05) is 0 Å². The molecule has 8 nitrogen and oxygen atoms in total. The van der Waals surface area contributed by atoms with Crippen molar-refractivity contribution < 1.29 is 22.7 Å². The van der Waals surface area contributed by atoms with Crippen LogP contribution in [0.15, 0.2) is 36.8 Å². The lowest BCUT2D eigenvalue weighted by Gasteiger charge is -2.36. The number of alkyl halides is 3. The first-order chi connectivity index (χ1) is 13.7.